The second kappa shape index (κ2) is 9.58. The minimum atomic E-state index is -0.329. The maximum absolute atomic E-state index is 12.2. The Balaban J connectivity index is 1.45. The summed E-state index contributed by atoms with van der Waals surface area (Å²) in [5.41, 5.74) is 1.34. The first-order chi connectivity index (χ1) is 13.6. The van der Waals surface area contributed by atoms with Crippen LogP contribution in [0.5, 0.6) is 11.5 Å². The van der Waals surface area contributed by atoms with Crippen LogP contribution in [0.4, 0.5) is 0 Å². The SMILES string of the molecule is O=C(CNC(=O)c1ccc(Oc2ccccc2)cc1)NCc1cccc(Cl)c1. The van der Waals surface area contributed by atoms with Gasteiger partial charge in [0.2, 0.25) is 5.91 Å². The Labute approximate surface area is 168 Å². The van der Waals surface area contributed by atoms with Crippen LogP contribution < -0.4 is 15.4 Å². The second-order valence-electron chi connectivity index (χ2n) is 6.03. The van der Waals surface area contributed by atoms with E-state index in [4.69, 9.17) is 16.3 Å². The predicted octanol–water partition coefficient (Wildman–Crippen LogP) is 4.18. The van der Waals surface area contributed by atoms with Crippen LogP contribution in [0.25, 0.3) is 0 Å². The lowest BCUT2D eigenvalue weighted by Crippen LogP contribution is -2.36. The van der Waals surface area contributed by atoms with Gasteiger partial charge in [-0.1, -0.05) is 41.9 Å². The van der Waals surface area contributed by atoms with Crippen LogP contribution in [0.2, 0.25) is 5.02 Å². The third kappa shape index (κ3) is 5.86. The largest absolute Gasteiger partial charge is 0.457 e. The summed E-state index contributed by atoms with van der Waals surface area (Å²) in [6.07, 6.45) is 0. The Hall–Kier alpha value is -3.31. The summed E-state index contributed by atoms with van der Waals surface area (Å²) in [7, 11) is 0. The number of nitrogens with one attached hydrogen (secondary N) is 2. The monoisotopic (exact) mass is 394 g/mol. The van der Waals surface area contributed by atoms with Crippen LogP contribution >= 0.6 is 11.6 Å². The lowest BCUT2D eigenvalue weighted by atomic mass is 10.2. The van der Waals surface area contributed by atoms with Crippen molar-refractivity contribution in [3.05, 3.63) is 95.0 Å². The summed E-state index contributed by atoms with van der Waals surface area (Å²) in [6, 6.07) is 23.3. The minimum absolute atomic E-state index is 0.109. The molecule has 142 valence electrons. The van der Waals surface area contributed by atoms with Crippen molar-refractivity contribution in [1.82, 2.24) is 10.6 Å². The van der Waals surface area contributed by atoms with Gasteiger partial charge in [-0.3, -0.25) is 9.59 Å². The molecule has 2 N–H and O–H groups in total. The number of rotatable bonds is 7. The zero-order valence-electron chi connectivity index (χ0n) is 15.0. The number of hydrogen-bond donors (Lipinski definition) is 2. The number of hydrogen-bond acceptors (Lipinski definition) is 3. The van der Waals surface area contributed by atoms with Gasteiger partial charge in [-0.05, 0) is 54.1 Å². The number of carbonyl (C=O) groups is 2. The first-order valence-electron chi connectivity index (χ1n) is 8.72. The molecule has 3 rings (SSSR count). The van der Waals surface area contributed by atoms with E-state index in [1.165, 1.54) is 0 Å². The second-order valence-corrected chi connectivity index (χ2v) is 6.47. The molecule has 6 heteroatoms. The van der Waals surface area contributed by atoms with Gasteiger partial charge in [0.1, 0.15) is 11.5 Å². The number of ether oxygens (including phenoxy) is 1. The van der Waals surface area contributed by atoms with Gasteiger partial charge < -0.3 is 15.4 Å². The molecule has 3 aromatic carbocycles. The van der Waals surface area contributed by atoms with Crippen LogP contribution in [0.1, 0.15) is 15.9 Å². The Morgan fingerprint density at radius 3 is 2.25 bits per heavy atom. The topological polar surface area (TPSA) is 67.4 Å². The van der Waals surface area contributed by atoms with Gasteiger partial charge in [-0.15, -0.1) is 0 Å². The lowest BCUT2D eigenvalue weighted by Gasteiger charge is -2.09. The quantitative estimate of drug-likeness (QED) is 0.631. The van der Waals surface area contributed by atoms with Crippen LogP contribution in [-0.2, 0) is 11.3 Å². The molecule has 28 heavy (non-hydrogen) atoms. The molecule has 0 unspecified atom stereocenters. The standard InChI is InChI=1S/C22H19ClN2O3/c23-18-6-4-5-16(13-18)14-24-21(26)15-25-22(27)17-9-11-20(12-10-17)28-19-7-2-1-3-8-19/h1-13H,14-15H2,(H,24,26)(H,25,27). The van der Waals surface area contributed by atoms with Crippen molar-refractivity contribution in [3.8, 4) is 11.5 Å². The van der Waals surface area contributed by atoms with Crippen LogP contribution in [0.3, 0.4) is 0 Å². The molecule has 0 bridgehead atoms. The van der Waals surface area contributed by atoms with E-state index in [1.807, 2.05) is 42.5 Å². The number of halogens is 1. The van der Waals surface area contributed by atoms with Crippen molar-refractivity contribution in [2.45, 2.75) is 6.54 Å². The Morgan fingerprint density at radius 2 is 1.54 bits per heavy atom. The zero-order valence-corrected chi connectivity index (χ0v) is 15.8. The van der Waals surface area contributed by atoms with Crippen LogP contribution in [0.15, 0.2) is 78.9 Å². The van der Waals surface area contributed by atoms with Gasteiger partial charge in [-0.2, -0.15) is 0 Å². The van der Waals surface area contributed by atoms with E-state index in [9.17, 15) is 9.59 Å². The van der Waals surface area contributed by atoms with E-state index in [0.717, 1.165) is 11.3 Å². The molecule has 3 aromatic rings. The van der Waals surface area contributed by atoms with Crippen LogP contribution in [0, 0.1) is 0 Å². The van der Waals surface area contributed by atoms with Crippen molar-refractivity contribution in [3.63, 3.8) is 0 Å². The summed E-state index contributed by atoms with van der Waals surface area (Å²) >= 11 is 5.91. The van der Waals surface area contributed by atoms with E-state index in [2.05, 4.69) is 10.6 Å². The summed E-state index contributed by atoms with van der Waals surface area (Å²) < 4.78 is 5.69. The molecule has 0 heterocycles. The highest BCUT2D eigenvalue weighted by Gasteiger charge is 2.08. The number of carbonyl (C=O) groups excluding carboxylic acids is 2. The number of benzene rings is 3. The lowest BCUT2D eigenvalue weighted by molar-refractivity contribution is -0.120. The molecule has 2 amide bonds. The fraction of sp³-hybridized carbons (Fsp3) is 0.0909. The maximum Gasteiger partial charge on any atom is 0.251 e. The first-order valence-corrected chi connectivity index (χ1v) is 9.10. The molecule has 0 fully saturated rings. The molecule has 5 nitrogen and oxygen atoms in total. The zero-order chi connectivity index (χ0) is 19.8. The van der Waals surface area contributed by atoms with Crippen molar-refractivity contribution in [2.24, 2.45) is 0 Å². The van der Waals surface area contributed by atoms with Gasteiger partial charge >= 0.3 is 0 Å². The van der Waals surface area contributed by atoms with E-state index in [1.54, 1.807) is 36.4 Å². The van der Waals surface area contributed by atoms with Crippen molar-refractivity contribution < 1.29 is 14.3 Å². The molecule has 0 atom stereocenters. The smallest absolute Gasteiger partial charge is 0.251 e. The average molecular weight is 395 g/mol. The minimum Gasteiger partial charge on any atom is -0.457 e. The fourth-order valence-electron chi connectivity index (χ4n) is 2.47. The van der Waals surface area contributed by atoms with E-state index in [0.29, 0.717) is 22.9 Å². The summed E-state index contributed by atoms with van der Waals surface area (Å²) in [5, 5.41) is 5.95. The normalized spacial score (nSPS) is 10.2. The van der Waals surface area contributed by atoms with E-state index < -0.39 is 0 Å². The van der Waals surface area contributed by atoms with Crippen LogP contribution in [-0.4, -0.2) is 18.4 Å². The van der Waals surface area contributed by atoms with E-state index >= 15 is 0 Å². The third-order valence-electron chi connectivity index (χ3n) is 3.88. The molecule has 0 aliphatic heterocycles. The highest BCUT2D eigenvalue weighted by molar-refractivity contribution is 6.30. The Kier molecular flexibility index (Phi) is 6.65. The van der Waals surface area contributed by atoms with Gasteiger partial charge in [0.25, 0.3) is 5.91 Å². The maximum atomic E-state index is 12.2. The molecule has 0 saturated heterocycles. The first kappa shape index (κ1) is 19.5. The van der Waals surface area contributed by atoms with Gasteiger partial charge in [0.15, 0.2) is 0 Å². The molecular weight excluding hydrogens is 376 g/mol. The molecule has 0 saturated carbocycles. The molecule has 0 aromatic heterocycles. The van der Waals surface area contributed by atoms with E-state index in [-0.39, 0.29) is 18.4 Å². The van der Waals surface area contributed by atoms with Crippen molar-refractivity contribution in [1.29, 1.82) is 0 Å². The highest BCUT2D eigenvalue weighted by Crippen LogP contribution is 2.21. The number of amides is 2. The summed E-state index contributed by atoms with van der Waals surface area (Å²) in [4.78, 5) is 24.1. The molecule has 0 spiro atoms. The Morgan fingerprint density at radius 1 is 0.821 bits per heavy atom. The summed E-state index contributed by atoms with van der Waals surface area (Å²) in [6.45, 7) is 0.239. The predicted molar refractivity (Wildman–Crippen MR) is 109 cm³/mol. The number of para-hydroxylation sites is 1. The van der Waals surface area contributed by atoms with Gasteiger partial charge in [0.05, 0.1) is 6.54 Å². The van der Waals surface area contributed by atoms with Gasteiger partial charge in [0, 0.05) is 17.1 Å². The third-order valence-corrected chi connectivity index (χ3v) is 4.12. The Bertz CT molecular complexity index is 944. The molecule has 0 radical (unpaired) electrons. The average Bonchev–Trinajstić information content (AvgIpc) is 2.72. The molecule has 0 aliphatic carbocycles. The fourth-order valence-corrected chi connectivity index (χ4v) is 2.68. The van der Waals surface area contributed by atoms with Crippen molar-refractivity contribution >= 4 is 23.4 Å². The molecular formula is C22H19ClN2O3. The molecule has 0 aliphatic rings. The van der Waals surface area contributed by atoms with Crippen molar-refractivity contribution in [2.75, 3.05) is 6.54 Å². The summed E-state index contributed by atoms with van der Waals surface area (Å²) in [5.74, 6) is 0.736. The van der Waals surface area contributed by atoms with Gasteiger partial charge in [-0.25, -0.2) is 0 Å². The highest BCUT2D eigenvalue weighted by atomic mass is 35.5.